The molecule has 1 aliphatic heterocycles. The van der Waals surface area contributed by atoms with Crippen LogP contribution in [0.15, 0.2) is 36.5 Å². The zero-order chi connectivity index (χ0) is 8.39. The van der Waals surface area contributed by atoms with Crippen molar-refractivity contribution in [2.24, 2.45) is 0 Å². The maximum atomic E-state index is 5.13. The van der Waals surface area contributed by atoms with Gasteiger partial charge in [-0.1, -0.05) is 18.3 Å². The van der Waals surface area contributed by atoms with Gasteiger partial charge in [0.2, 0.25) is 0 Å². The van der Waals surface area contributed by atoms with Gasteiger partial charge >= 0.3 is 0 Å². The van der Waals surface area contributed by atoms with Gasteiger partial charge in [0, 0.05) is 16.3 Å². The quantitative estimate of drug-likeness (QED) is 0.573. The molecule has 0 aromatic heterocycles. The zero-order valence-corrected chi connectivity index (χ0v) is 7.08. The Morgan fingerprint density at radius 3 is 2.92 bits per heavy atom. The van der Waals surface area contributed by atoms with Gasteiger partial charge in [-0.2, -0.15) is 10.2 Å². The van der Waals surface area contributed by atoms with Gasteiger partial charge in [-0.05, 0) is 24.3 Å². The molecule has 0 fully saturated rings. The molecule has 12 heavy (non-hydrogen) atoms. The molecule has 3 heteroatoms. The van der Waals surface area contributed by atoms with Crippen LogP contribution in [-0.2, 0) is 0 Å². The zero-order valence-electron chi connectivity index (χ0n) is 6.27. The minimum Gasteiger partial charge on any atom is -0.159 e. The van der Waals surface area contributed by atoms with Crippen molar-refractivity contribution in [3.05, 3.63) is 41.0 Å². The van der Waals surface area contributed by atoms with E-state index in [0.29, 0.717) is 0 Å². The van der Waals surface area contributed by atoms with Gasteiger partial charge in [-0.3, -0.25) is 0 Å². The molecule has 58 valence electrons. The fourth-order valence-electron chi connectivity index (χ4n) is 1.06. The molecule has 2 nitrogen and oxygen atoms in total. The van der Waals surface area contributed by atoms with E-state index in [4.69, 9.17) is 12.2 Å². The lowest BCUT2D eigenvalue weighted by Crippen LogP contribution is -1.81. The molecular weight excluding hydrogens is 168 g/mol. The first-order valence-electron chi connectivity index (χ1n) is 3.59. The molecule has 0 N–H and O–H groups in total. The molecule has 1 heterocycles. The highest BCUT2D eigenvalue weighted by Crippen LogP contribution is 2.17. The van der Waals surface area contributed by atoms with E-state index in [2.05, 4.69) is 10.2 Å². The summed E-state index contributed by atoms with van der Waals surface area (Å²) in [5.74, 6) is 0. The average Bonchev–Trinajstić information content (AvgIpc) is 2.30. The third kappa shape index (κ3) is 1.19. The van der Waals surface area contributed by atoms with E-state index >= 15 is 0 Å². The normalized spacial score (nSPS) is 10.0. The van der Waals surface area contributed by atoms with Crippen molar-refractivity contribution in [1.29, 1.82) is 0 Å². The van der Waals surface area contributed by atoms with Gasteiger partial charge in [-0.25, -0.2) is 0 Å². The van der Waals surface area contributed by atoms with Crippen LogP contribution in [0.3, 0.4) is 0 Å². The minimum absolute atomic E-state index is 0.818. The molecular formula is C9H6N2S. The van der Waals surface area contributed by atoms with E-state index in [1.165, 1.54) is 0 Å². The second-order valence-electron chi connectivity index (χ2n) is 2.41. The Labute approximate surface area is 75.2 Å². The first-order chi connectivity index (χ1) is 5.88. The number of hydrogen-bond donors (Lipinski definition) is 0. The van der Waals surface area contributed by atoms with Crippen molar-refractivity contribution in [3.8, 4) is 11.3 Å². The first kappa shape index (κ1) is 7.31. The molecule has 0 saturated heterocycles. The van der Waals surface area contributed by atoms with Crippen molar-refractivity contribution in [1.82, 2.24) is 10.2 Å². The molecule has 0 unspecified atom stereocenters. The summed E-state index contributed by atoms with van der Waals surface area (Å²) in [5, 5.41) is 7.81. The summed E-state index contributed by atoms with van der Waals surface area (Å²) >= 11 is 5.13. The number of aromatic nitrogens is 2. The molecule has 0 atom stereocenters. The standard InChI is InChI=1S/C9H6N2S/c12-9-5-1-4-8-7(9)3-2-6-10-11-8/h1-6H. The third-order valence-corrected chi connectivity index (χ3v) is 1.98. The molecule has 0 spiro atoms. The van der Waals surface area contributed by atoms with Crippen molar-refractivity contribution in [3.63, 3.8) is 0 Å². The van der Waals surface area contributed by atoms with E-state index in [0.717, 1.165) is 15.8 Å². The Bertz CT molecular complexity index is 428. The largest absolute Gasteiger partial charge is 0.159 e. The summed E-state index contributed by atoms with van der Waals surface area (Å²) < 4.78 is 0.818. The Balaban J connectivity index is 2.88. The lowest BCUT2D eigenvalue weighted by molar-refractivity contribution is 1.06. The highest BCUT2D eigenvalue weighted by Gasteiger charge is 1.99. The third-order valence-electron chi connectivity index (χ3n) is 1.62. The van der Waals surface area contributed by atoms with Crippen LogP contribution in [0.1, 0.15) is 0 Å². The van der Waals surface area contributed by atoms with Crippen molar-refractivity contribution >= 4 is 12.2 Å². The molecule has 1 aliphatic carbocycles. The Kier molecular flexibility index (Phi) is 1.80. The molecule has 0 bridgehead atoms. The van der Waals surface area contributed by atoms with Crippen LogP contribution in [0, 0.1) is 4.51 Å². The molecule has 2 aliphatic rings. The molecule has 0 aromatic rings. The molecule has 0 radical (unpaired) electrons. The lowest BCUT2D eigenvalue weighted by Gasteiger charge is -1.95. The smallest absolute Gasteiger partial charge is 0.0943 e. The van der Waals surface area contributed by atoms with Crippen LogP contribution >= 0.6 is 12.2 Å². The van der Waals surface area contributed by atoms with Gasteiger partial charge in [-0.15, -0.1) is 0 Å². The van der Waals surface area contributed by atoms with E-state index < -0.39 is 0 Å². The topological polar surface area (TPSA) is 25.8 Å². The summed E-state index contributed by atoms with van der Waals surface area (Å²) in [7, 11) is 0. The number of fused-ring (bicyclic) bond motifs is 1. The summed E-state index contributed by atoms with van der Waals surface area (Å²) in [5.41, 5.74) is 1.82. The maximum Gasteiger partial charge on any atom is 0.0943 e. The first-order valence-corrected chi connectivity index (χ1v) is 3.99. The maximum absolute atomic E-state index is 5.13. The average molecular weight is 174 g/mol. The highest BCUT2D eigenvalue weighted by molar-refractivity contribution is 7.71. The predicted octanol–water partition coefficient (Wildman–Crippen LogP) is 2.31. The summed E-state index contributed by atoms with van der Waals surface area (Å²) in [6.45, 7) is 0. The molecule has 0 aromatic carbocycles. The Morgan fingerprint density at radius 1 is 1.08 bits per heavy atom. The summed E-state index contributed by atoms with van der Waals surface area (Å²) in [6.07, 6.45) is 1.65. The van der Waals surface area contributed by atoms with Gasteiger partial charge < -0.3 is 0 Å². The van der Waals surface area contributed by atoms with E-state index in [-0.39, 0.29) is 0 Å². The van der Waals surface area contributed by atoms with Crippen LogP contribution in [-0.4, -0.2) is 10.2 Å². The lowest BCUT2D eigenvalue weighted by atomic mass is 10.1. The number of hydrogen-bond acceptors (Lipinski definition) is 3. The Morgan fingerprint density at radius 2 is 2.00 bits per heavy atom. The van der Waals surface area contributed by atoms with Gasteiger partial charge in [0.25, 0.3) is 0 Å². The van der Waals surface area contributed by atoms with Crippen LogP contribution in [0.2, 0.25) is 0 Å². The van der Waals surface area contributed by atoms with Gasteiger partial charge in [0.05, 0.1) is 5.69 Å². The van der Waals surface area contributed by atoms with Crippen molar-refractivity contribution in [2.45, 2.75) is 0 Å². The van der Waals surface area contributed by atoms with E-state index in [1.807, 2.05) is 30.3 Å². The molecule has 0 saturated carbocycles. The highest BCUT2D eigenvalue weighted by atomic mass is 32.1. The minimum atomic E-state index is 0.818. The van der Waals surface area contributed by atoms with Crippen LogP contribution in [0.4, 0.5) is 0 Å². The Hall–Kier alpha value is -1.35. The van der Waals surface area contributed by atoms with Gasteiger partial charge in [0.15, 0.2) is 0 Å². The van der Waals surface area contributed by atoms with E-state index in [1.54, 1.807) is 6.20 Å². The SMILES string of the molecule is S=c1cccc2nncccc1-2. The van der Waals surface area contributed by atoms with Crippen LogP contribution in [0.25, 0.3) is 11.3 Å². The summed E-state index contributed by atoms with van der Waals surface area (Å²) in [4.78, 5) is 0. The fourth-order valence-corrected chi connectivity index (χ4v) is 1.31. The molecule has 0 amide bonds. The van der Waals surface area contributed by atoms with Crippen LogP contribution < -0.4 is 0 Å². The predicted molar refractivity (Wildman–Crippen MR) is 49.5 cm³/mol. The molecule has 2 rings (SSSR count). The van der Waals surface area contributed by atoms with Gasteiger partial charge in [0.1, 0.15) is 0 Å². The number of rotatable bonds is 0. The second-order valence-corrected chi connectivity index (χ2v) is 2.85. The summed E-state index contributed by atoms with van der Waals surface area (Å²) in [6, 6.07) is 9.44. The van der Waals surface area contributed by atoms with Crippen molar-refractivity contribution in [2.75, 3.05) is 0 Å². The van der Waals surface area contributed by atoms with E-state index in [9.17, 15) is 0 Å². The van der Waals surface area contributed by atoms with Crippen LogP contribution in [0.5, 0.6) is 0 Å². The fraction of sp³-hybridized carbons (Fsp3) is 0. The monoisotopic (exact) mass is 174 g/mol. The number of nitrogens with zero attached hydrogens (tertiary/aromatic N) is 2. The number of benzene rings is 1. The second kappa shape index (κ2) is 2.95. The van der Waals surface area contributed by atoms with Crippen molar-refractivity contribution < 1.29 is 0 Å².